The fraction of sp³-hybridized carbons (Fsp3) is 0.700. The Morgan fingerprint density at radius 3 is 1.30 bits per heavy atom. The number of halogens is 6. The minimum atomic E-state index is -5.77. The van der Waals surface area contributed by atoms with Gasteiger partial charge in [-0.3, -0.25) is 14.4 Å². The molecule has 0 rings (SSSR count). The van der Waals surface area contributed by atoms with Gasteiger partial charge < -0.3 is 4.74 Å². The van der Waals surface area contributed by atoms with Crippen LogP contribution in [0.2, 0.25) is 0 Å². The molecule has 118 valence electrons. The standard InChI is InChI=1S/C6H12O2.C4F6O2/c1-4-8-6(7)5(2)3;5-3(6,7)1(11)2(12)4(8,9)10/h5H,4H2,1-3H3;. The van der Waals surface area contributed by atoms with Gasteiger partial charge in [-0.1, -0.05) is 13.8 Å². The molecule has 0 heterocycles. The molecule has 0 aliphatic rings. The maximum atomic E-state index is 11.2. The summed E-state index contributed by atoms with van der Waals surface area (Å²) in [5.41, 5.74) is 0. The molecule has 0 spiro atoms. The van der Waals surface area contributed by atoms with Crippen LogP contribution in [0.3, 0.4) is 0 Å². The van der Waals surface area contributed by atoms with Crippen LogP contribution in [0.4, 0.5) is 26.3 Å². The van der Waals surface area contributed by atoms with Gasteiger partial charge in [0.15, 0.2) is 0 Å². The average Bonchev–Trinajstić information content (AvgIpc) is 2.25. The summed E-state index contributed by atoms with van der Waals surface area (Å²) >= 11 is 0. The molecule has 0 aliphatic carbocycles. The summed E-state index contributed by atoms with van der Waals surface area (Å²) in [6.07, 6.45) is -11.5. The maximum Gasteiger partial charge on any atom is 0.458 e. The molecule has 20 heavy (non-hydrogen) atoms. The molecule has 0 aromatic rings. The number of alkyl halides is 6. The van der Waals surface area contributed by atoms with Crippen molar-refractivity contribution in [1.29, 1.82) is 0 Å². The lowest BCUT2D eigenvalue weighted by Crippen LogP contribution is -2.39. The lowest BCUT2D eigenvalue weighted by atomic mass is 10.2. The third kappa shape index (κ3) is 8.48. The molecule has 0 saturated carbocycles. The van der Waals surface area contributed by atoms with Gasteiger partial charge in [-0.2, -0.15) is 26.3 Å². The Hall–Kier alpha value is -1.61. The molecule has 0 radical (unpaired) electrons. The Morgan fingerprint density at radius 1 is 0.900 bits per heavy atom. The average molecular weight is 310 g/mol. The highest BCUT2D eigenvalue weighted by atomic mass is 19.4. The van der Waals surface area contributed by atoms with Gasteiger partial charge in [0.2, 0.25) is 0 Å². The number of Topliss-reactive ketones (excluding diaryl/α,β-unsaturated/α-hetero) is 2. The Bertz CT molecular complexity index is 332. The van der Waals surface area contributed by atoms with Crippen LogP contribution in [-0.4, -0.2) is 36.5 Å². The first-order valence-electron chi connectivity index (χ1n) is 5.14. The zero-order valence-electron chi connectivity index (χ0n) is 10.7. The van der Waals surface area contributed by atoms with Crippen LogP contribution in [-0.2, 0) is 19.1 Å². The Kier molecular flexibility index (Phi) is 8.13. The predicted octanol–water partition coefficient (Wildman–Crippen LogP) is 2.45. The van der Waals surface area contributed by atoms with Crippen LogP contribution in [0, 0.1) is 5.92 Å². The van der Waals surface area contributed by atoms with E-state index in [1.165, 1.54) is 0 Å². The van der Waals surface area contributed by atoms with Crippen LogP contribution in [0.25, 0.3) is 0 Å². The van der Waals surface area contributed by atoms with Crippen molar-refractivity contribution in [3.8, 4) is 0 Å². The second-order valence-corrected chi connectivity index (χ2v) is 3.56. The smallest absolute Gasteiger partial charge is 0.458 e. The minimum Gasteiger partial charge on any atom is -0.466 e. The van der Waals surface area contributed by atoms with Crippen LogP contribution in [0.5, 0.6) is 0 Å². The molecule has 0 atom stereocenters. The van der Waals surface area contributed by atoms with Crippen LogP contribution < -0.4 is 0 Å². The summed E-state index contributed by atoms with van der Waals surface area (Å²) in [6, 6.07) is 0. The topological polar surface area (TPSA) is 60.4 Å². The zero-order valence-corrected chi connectivity index (χ0v) is 10.7. The van der Waals surface area contributed by atoms with Gasteiger partial charge in [0.25, 0.3) is 0 Å². The third-order valence-corrected chi connectivity index (χ3v) is 1.48. The first-order valence-corrected chi connectivity index (χ1v) is 5.14. The number of ether oxygens (including phenoxy) is 1. The second kappa shape index (κ2) is 7.85. The van der Waals surface area contributed by atoms with Gasteiger partial charge in [-0.25, -0.2) is 0 Å². The highest BCUT2D eigenvalue weighted by Crippen LogP contribution is 2.23. The van der Waals surface area contributed by atoms with Crippen LogP contribution >= 0.6 is 0 Å². The van der Waals surface area contributed by atoms with E-state index in [-0.39, 0.29) is 11.9 Å². The summed E-state index contributed by atoms with van der Waals surface area (Å²) in [5.74, 6) is -6.92. The number of carbonyl (C=O) groups is 3. The van der Waals surface area contributed by atoms with Crippen molar-refractivity contribution in [3.63, 3.8) is 0 Å². The Morgan fingerprint density at radius 2 is 1.20 bits per heavy atom. The van der Waals surface area contributed by atoms with Crippen molar-refractivity contribution in [2.75, 3.05) is 6.61 Å². The molecule has 4 nitrogen and oxygen atoms in total. The van der Waals surface area contributed by atoms with Gasteiger partial charge in [0, 0.05) is 0 Å². The van der Waals surface area contributed by atoms with E-state index >= 15 is 0 Å². The molecule has 0 fully saturated rings. The lowest BCUT2D eigenvalue weighted by molar-refractivity contribution is -0.193. The highest BCUT2D eigenvalue weighted by molar-refractivity contribution is 6.41. The number of esters is 1. The number of hydrogen-bond acceptors (Lipinski definition) is 4. The Labute approximate surface area is 110 Å². The van der Waals surface area contributed by atoms with E-state index in [1.54, 1.807) is 6.92 Å². The minimum absolute atomic E-state index is 0.00921. The molecule has 0 N–H and O–H groups in total. The summed E-state index contributed by atoms with van der Waals surface area (Å²) < 4.78 is 71.6. The summed E-state index contributed by atoms with van der Waals surface area (Å²) in [7, 11) is 0. The first-order chi connectivity index (χ1) is 8.75. The zero-order chi connectivity index (χ0) is 16.7. The van der Waals surface area contributed by atoms with E-state index in [2.05, 4.69) is 4.74 Å². The largest absolute Gasteiger partial charge is 0.466 e. The fourth-order valence-electron chi connectivity index (χ4n) is 0.566. The van der Waals surface area contributed by atoms with Crippen LogP contribution in [0.15, 0.2) is 0 Å². The highest BCUT2D eigenvalue weighted by Gasteiger charge is 2.54. The predicted molar refractivity (Wildman–Crippen MR) is 53.6 cm³/mol. The van der Waals surface area contributed by atoms with Gasteiger partial charge in [-0.15, -0.1) is 0 Å². The number of hydrogen-bond donors (Lipinski definition) is 0. The van der Waals surface area contributed by atoms with Gasteiger partial charge in [0.05, 0.1) is 12.5 Å². The number of ketones is 2. The van der Waals surface area contributed by atoms with Crippen molar-refractivity contribution in [2.24, 2.45) is 5.92 Å². The van der Waals surface area contributed by atoms with Crippen molar-refractivity contribution >= 4 is 17.5 Å². The van der Waals surface area contributed by atoms with E-state index in [4.69, 9.17) is 0 Å². The van der Waals surface area contributed by atoms with Crippen LogP contribution in [0.1, 0.15) is 20.8 Å². The summed E-state index contributed by atoms with van der Waals surface area (Å²) in [5, 5.41) is 0. The lowest BCUT2D eigenvalue weighted by Gasteiger charge is -2.05. The molecular weight excluding hydrogens is 298 g/mol. The van der Waals surface area contributed by atoms with E-state index in [0.29, 0.717) is 6.61 Å². The van der Waals surface area contributed by atoms with Crippen molar-refractivity contribution < 1.29 is 45.5 Å². The molecule has 0 aliphatic heterocycles. The Balaban J connectivity index is 0. The SMILES string of the molecule is CCOC(=O)C(C)C.O=C(C(=O)C(F)(F)F)C(F)(F)F. The van der Waals surface area contributed by atoms with Gasteiger partial charge in [0.1, 0.15) is 0 Å². The first kappa shape index (κ1) is 20.7. The quantitative estimate of drug-likeness (QED) is 0.456. The third-order valence-electron chi connectivity index (χ3n) is 1.48. The van der Waals surface area contributed by atoms with Crippen molar-refractivity contribution in [3.05, 3.63) is 0 Å². The summed E-state index contributed by atoms with van der Waals surface area (Å²) in [6.45, 7) is 5.92. The van der Waals surface area contributed by atoms with Crippen molar-refractivity contribution in [1.82, 2.24) is 0 Å². The molecule has 0 aromatic heterocycles. The van der Waals surface area contributed by atoms with Gasteiger partial charge in [-0.05, 0) is 6.92 Å². The monoisotopic (exact) mass is 310 g/mol. The van der Waals surface area contributed by atoms with E-state index < -0.39 is 23.9 Å². The molecule has 10 heteroatoms. The fourth-order valence-corrected chi connectivity index (χ4v) is 0.566. The molecule has 0 unspecified atom stereocenters. The molecular formula is C10H12F6O4. The molecule has 0 amide bonds. The molecule has 0 saturated heterocycles. The summed E-state index contributed by atoms with van der Waals surface area (Å²) in [4.78, 5) is 29.8. The van der Waals surface area contributed by atoms with Gasteiger partial charge >= 0.3 is 29.9 Å². The number of rotatable bonds is 3. The molecule has 0 aromatic carbocycles. The van der Waals surface area contributed by atoms with Crippen molar-refractivity contribution in [2.45, 2.75) is 33.1 Å². The number of carbonyl (C=O) groups excluding carboxylic acids is 3. The normalized spacial score (nSPS) is 11.5. The van der Waals surface area contributed by atoms with E-state index in [9.17, 15) is 40.7 Å². The van der Waals surface area contributed by atoms with E-state index in [1.807, 2.05) is 13.8 Å². The maximum absolute atomic E-state index is 11.2. The van der Waals surface area contributed by atoms with E-state index in [0.717, 1.165) is 0 Å². The molecule has 0 bridgehead atoms. The second-order valence-electron chi connectivity index (χ2n) is 3.56.